The third-order valence-electron chi connectivity index (χ3n) is 4.30. The van der Waals surface area contributed by atoms with E-state index >= 15 is 0 Å². The number of sulfonamides is 1. The molecule has 1 amide bonds. The minimum atomic E-state index is -3.71. The van der Waals surface area contributed by atoms with Gasteiger partial charge in [-0.2, -0.15) is 4.72 Å². The number of carbonyl (C=O) groups is 1. The summed E-state index contributed by atoms with van der Waals surface area (Å²) in [7, 11) is -1.59. The molecule has 0 aromatic heterocycles. The average Bonchev–Trinajstić information content (AvgIpc) is 2.65. The van der Waals surface area contributed by atoms with Gasteiger partial charge in [0.2, 0.25) is 10.0 Å². The van der Waals surface area contributed by atoms with Crippen LogP contribution in [-0.2, 0) is 10.0 Å². The summed E-state index contributed by atoms with van der Waals surface area (Å²) >= 11 is 0. The number of rotatable bonds is 8. The number of likely N-dealkylation sites (N-methyl/N-ethyl adjacent to an activating group) is 1. The Morgan fingerprint density at radius 2 is 2.00 bits per heavy atom. The normalized spacial score (nSPS) is 16.2. The fourth-order valence-electron chi connectivity index (χ4n) is 2.70. The van der Waals surface area contributed by atoms with Crippen LogP contribution in [0, 0.1) is 12.3 Å². The highest BCUT2D eigenvalue weighted by atomic mass is 32.2. The second kappa shape index (κ2) is 9.69. The first-order valence-corrected chi connectivity index (χ1v) is 10.1. The topological polar surface area (TPSA) is 81.7 Å². The molecule has 1 saturated heterocycles. The molecule has 1 heterocycles. The number of piperazine rings is 1. The summed E-state index contributed by atoms with van der Waals surface area (Å²) < 4.78 is 26.4. The van der Waals surface area contributed by atoms with Crippen molar-refractivity contribution in [2.45, 2.75) is 11.3 Å². The van der Waals surface area contributed by atoms with Crippen LogP contribution in [0.4, 0.5) is 0 Å². The summed E-state index contributed by atoms with van der Waals surface area (Å²) in [6, 6.07) is 5.93. The van der Waals surface area contributed by atoms with Gasteiger partial charge in [0.1, 0.15) is 0 Å². The van der Waals surface area contributed by atoms with E-state index in [1.807, 2.05) is 0 Å². The van der Waals surface area contributed by atoms with Crippen LogP contribution >= 0.6 is 0 Å². The molecule has 0 unspecified atom stereocenters. The van der Waals surface area contributed by atoms with Gasteiger partial charge in [-0.15, -0.1) is 6.42 Å². The SMILES string of the molecule is C#CCNS(=O)(=O)c1cccc(C(=O)NCCCN2CCN(C)CC2)c1. The first-order valence-electron chi connectivity index (χ1n) is 8.64. The van der Waals surface area contributed by atoms with Crippen LogP contribution in [0.15, 0.2) is 29.2 Å². The van der Waals surface area contributed by atoms with Crippen LogP contribution in [0.5, 0.6) is 0 Å². The molecule has 8 heteroatoms. The second-order valence-corrected chi connectivity index (χ2v) is 8.08. The molecule has 1 aromatic rings. The standard InChI is InChI=1S/C18H26N4O3S/c1-3-8-20-26(24,25)17-7-4-6-16(15-17)18(23)19-9-5-10-22-13-11-21(2)12-14-22/h1,4,6-7,15,20H,5,8-14H2,2H3,(H,19,23). The van der Waals surface area contributed by atoms with E-state index in [4.69, 9.17) is 6.42 Å². The Kier molecular flexibility index (Phi) is 7.60. The van der Waals surface area contributed by atoms with Crippen LogP contribution < -0.4 is 10.0 Å². The number of hydrogen-bond acceptors (Lipinski definition) is 5. The van der Waals surface area contributed by atoms with Crippen molar-refractivity contribution in [3.63, 3.8) is 0 Å². The lowest BCUT2D eigenvalue weighted by Crippen LogP contribution is -2.45. The molecule has 0 atom stereocenters. The molecule has 0 aliphatic carbocycles. The van der Waals surface area contributed by atoms with Gasteiger partial charge in [0.15, 0.2) is 0 Å². The Balaban J connectivity index is 1.82. The third-order valence-corrected chi connectivity index (χ3v) is 5.70. The number of carbonyl (C=O) groups excluding carboxylic acids is 1. The first-order chi connectivity index (χ1) is 12.4. The number of hydrogen-bond donors (Lipinski definition) is 2. The fraction of sp³-hybridized carbons (Fsp3) is 0.500. The minimum Gasteiger partial charge on any atom is -0.352 e. The zero-order valence-electron chi connectivity index (χ0n) is 15.1. The molecule has 0 saturated carbocycles. The van der Waals surface area contributed by atoms with Gasteiger partial charge in [-0.25, -0.2) is 8.42 Å². The molecule has 0 spiro atoms. The molecule has 0 radical (unpaired) electrons. The lowest BCUT2D eigenvalue weighted by atomic mass is 10.2. The van der Waals surface area contributed by atoms with Crippen molar-refractivity contribution in [3.05, 3.63) is 29.8 Å². The van der Waals surface area contributed by atoms with Crippen LogP contribution in [0.3, 0.4) is 0 Å². The zero-order valence-corrected chi connectivity index (χ0v) is 15.9. The van der Waals surface area contributed by atoms with Crippen molar-refractivity contribution in [1.82, 2.24) is 19.8 Å². The van der Waals surface area contributed by atoms with E-state index < -0.39 is 10.0 Å². The lowest BCUT2D eigenvalue weighted by Gasteiger charge is -2.32. The summed E-state index contributed by atoms with van der Waals surface area (Å²) in [5, 5.41) is 2.85. The van der Waals surface area contributed by atoms with Crippen molar-refractivity contribution in [2.24, 2.45) is 0 Å². The highest BCUT2D eigenvalue weighted by molar-refractivity contribution is 7.89. The fourth-order valence-corrected chi connectivity index (χ4v) is 3.68. The molecule has 1 fully saturated rings. The van der Waals surface area contributed by atoms with Gasteiger partial charge in [-0.05, 0) is 38.2 Å². The van der Waals surface area contributed by atoms with Gasteiger partial charge in [-0.1, -0.05) is 12.0 Å². The van der Waals surface area contributed by atoms with Gasteiger partial charge in [0.25, 0.3) is 5.91 Å². The molecular formula is C18H26N4O3S. The monoisotopic (exact) mass is 378 g/mol. The van der Waals surface area contributed by atoms with E-state index in [1.165, 1.54) is 12.1 Å². The maximum atomic E-state index is 12.3. The van der Waals surface area contributed by atoms with Crippen molar-refractivity contribution in [1.29, 1.82) is 0 Å². The van der Waals surface area contributed by atoms with Crippen LogP contribution in [-0.4, -0.2) is 77.0 Å². The molecule has 2 N–H and O–H groups in total. The quantitative estimate of drug-likeness (QED) is 0.490. The summed E-state index contributed by atoms with van der Waals surface area (Å²) in [4.78, 5) is 17.0. The first kappa shape index (κ1) is 20.4. The highest BCUT2D eigenvalue weighted by Gasteiger charge is 2.16. The molecule has 0 bridgehead atoms. The van der Waals surface area contributed by atoms with Crippen LogP contribution in [0.25, 0.3) is 0 Å². The van der Waals surface area contributed by atoms with E-state index in [0.29, 0.717) is 12.1 Å². The maximum Gasteiger partial charge on any atom is 0.251 e. The minimum absolute atomic E-state index is 0.0258. The number of terminal acetylenes is 1. The molecule has 26 heavy (non-hydrogen) atoms. The molecule has 142 valence electrons. The predicted molar refractivity (Wildman–Crippen MR) is 101 cm³/mol. The van der Waals surface area contributed by atoms with Crippen molar-refractivity contribution >= 4 is 15.9 Å². The Morgan fingerprint density at radius 1 is 1.27 bits per heavy atom. The van der Waals surface area contributed by atoms with E-state index in [-0.39, 0.29) is 17.3 Å². The van der Waals surface area contributed by atoms with Gasteiger partial charge in [0.05, 0.1) is 11.4 Å². The van der Waals surface area contributed by atoms with E-state index in [1.54, 1.807) is 12.1 Å². The Morgan fingerprint density at radius 3 is 2.69 bits per heavy atom. The largest absolute Gasteiger partial charge is 0.352 e. The van der Waals surface area contributed by atoms with Crippen molar-refractivity contribution in [2.75, 3.05) is 52.9 Å². The molecule has 1 aliphatic rings. The summed E-state index contributed by atoms with van der Waals surface area (Å²) in [5.74, 6) is 1.94. The summed E-state index contributed by atoms with van der Waals surface area (Å²) in [5.41, 5.74) is 0.313. The number of amides is 1. The van der Waals surface area contributed by atoms with E-state index in [2.05, 4.69) is 32.8 Å². The number of benzene rings is 1. The lowest BCUT2D eigenvalue weighted by molar-refractivity contribution is 0.0949. The van der Waals surface area contributed by atoms with Crippen LogP contribution in [0.2, 0.25) is 0 Å². The summed E-state index contributed by atoms with van der Waals surface area (Å²) in [6.07, 6.45) is 5.93. The molecule has 7 nitrogen and oxygen atoms in total. The molecule has 2 rings (SSSR count). The second-order valence-electron chi connectivity index (χ2n) is 6.31. The maximum absolute atomic E-state index is 12.3. The smallest absolute Gasteiger partial charge is 0.251 e. The van der Waals surface area contributed by atoms with E-state index in [9.17, 15) is 13.2 Å². The van der Waals surface area contributed by atoms with E-state index in [0.717, 1.165) is 39.1 Å². The molecular weight excluding hydrogens is 352 g/mol. The Labute approximate surface area is 155 Å². The van der Waals surface area contributed by atoms with Crippen LogP contribution in [0.1, 0.15) is 16.8 Å². The van der Waals surface area contributed by atoms with Gasteiger partial charge >= 0.3 is 0 Å². The summed E-state index contributed by atoms with van der Waals surface area (Å²) in [6.45, 7) is 5.65. The average molecular weight is 378 g/mol. The Hall–Kier alpha value is -1.92. The van der Waals surface area contributed by atoms with Crippen molar-refractivity contribution in [3.8, 4) is 12.3 Å². The zero-order chi connectivity index (χ0) is 19.0. The highest BCUT2D eigenvalue weighted by Crippen LogP contribution is 2.11. The molecule has 1 aliphatic heterocycles. The Bertz CT molecular complexity index is 750. The van der Waals surface area contributed by atoms with Gasteiger partial charge in [-0.3, -0.25) is 4.79 Å². The number of nitrogens with one attached hydrogen (secondary N) is 2. The molecule has 1 aromatic carbocycles. The van der Waals surface area contributed by atoms with Crippen molar-refractivity contribution < 1.29 is 13.2 Å². The van der Waals surface area contributed by atoms with Gasteiger partial charge < -0.3 is 15.1 Å². The van der Waals surface area contributed by atoms with Gasteiger partial charge in [0, 0.05) is 38.3 Å². The number of nitrogens with zero attached hydrogens (tertiary/aromatic N) is 2. The third kappa shape index (κ3) is 6.11. The predicted octanol–water partition coefficient (Wildman–Crippen LogP) is -0.0346.